The molecule has 0 N–H and O–H groups in total. The normalized spacial score (nSPS) is 16.2. The molecular formula is C17H12IN. The zero-order chi connectivity index (χ0) is 12.8. The highest BCUT2D eigenvalue weighted by atomic mass is 127. The monoisotopic (exact) mass is 357 g/mol. The fourth-order valence-corrected chi connectivity index (χ4v) is 3.92. The van der Waals surface area contributed by atoms with E-state index in [9.17, 15) is 0 Å². The van der Waals surface area contributed by atoms with Crippen molar-refractivity contribution in [1.82, 2.24) is 4.57 Å². The number of hydrogen-bond donors (Lipinski definition) is 0. The average molecular weight is 357 g/mol. The summed E-state index contributed by atoms with van der Waals surface area (Å²) >= 11 is 2.55. The lowest BCUT2D eigenvalue weighted by molar-refractivity contribution is 1.07. The number of para-hydroxylation sites is 1. The van der Waals surface area contributed by atoms with Crippen molar-refractivity contribution in [3.63, 3.8) is 0 Å². The van der Waals surface area contributed by atoms with E-state index in [4.69, 9.17) is 0 Å². The molecule has 1 atom stereocenters. The zero-order valence-corrected chi connectivity index (χ0v) is 12.4. The molecule has 0 spiro atoms. The topological polar surface area (TPSA) is 4.93 Å². The molecule has 1 unspecified atom stereocenters. The number of fused-ring (bicyclic) bond motifs is 5. The van der Waals surface area contributed by atoms with Gasteiger partial charge in [-0.2, -0.15) is 0 Å². The van der Waals surface area contributed by atoms with Crippen LogP contribution in [0.5, 0.6) is 0 Å². The van der Waals surface area contributed by atoms with Gasteiger partial charge in [-0.25, -0.2) is 0 Å². The second-order valence-electron chi connectivity index (χ2n) is 4.77. The van der Waals surface area contributed by atoms with E-state index in [2.05, 4.69) is 94.0 Å². The van der Waals surface area contributed by atoms with Gasteiger partial charge >= 0.3 is 0 Å². The maximum absolute atomic E-state index is 2.55. The molecule has 3 aromatic rings. The first-order valence-electron chi connectivity index (χ1n) is 6.36. The Morgan fingerprint density at radius 1 is 0.789 bits per heavy atom. The molecule has 0 radical (unpaired) electrons. The lowest BCUT2D eigenvalue weighted by Crippen LogP contribution is -1.97. The number of alkyl halides is 1. The molecule has 2 heteroatoms. The summed E-state index contributed by atoms with van der Waals surface area (Å²) < 4.78 is 2.69. The summed E-state index contributed by atoms with van der Waals surface area (Å²) in [4.78, 5) is 0. The van der Waals surface area contributed by atoms with Crippen molar-refractivity contribution in [3.8, 4) is 16.9 Å². The van der Waals surface area contributed by atoms with Crippen molar-refractivity contribution in [2.24, 2.45) is 0 Å². The molecule has 0 aliphatic carbocycles. The van der Waals surface area contributed by atoms with E-state index in [1.54, 1.807) is 0 Å². The van der Waals surface area contributed by atoms with Gasteiger partial charge in [0.15, 0.2) is 0 Å². The third kappa shape index (κ3) is 1.59. The van der Waals surface area contributed by atoms with Gasteiger partial charge in [-0.1, -0.05) is 65.1 Å². The first-order chi connectivity index (χ1) is 9.36. The SMILES string of the molecule is IC1c2ccccc2-c2cccn2-c2ccccc21. The van der Waals surface area contributed by atoms with E-state index < -0.39 is 0 Å². The third-order valence-corrected chi connectivity index (χ3v) is 5.07. The Morgan fingerprint density at radius 2 is 1.53 bits per heavy atom. The van der Waals surface area contributed by atoms with Gasteiger partial charge in [0.05, 0.1) is 15.3 Å². The van der Waals surface area contributed by atoms with Gasteiger partial charge in [-0.3, -0.25) is 0 Å². The zero-order valence-electron chi connectivity index (χ0n) is 10.3. The van der Waals surface area contributed by atoms with Crippen LogP contribution >= 0.6 is 22.6 Å². The molecule has 19 heavy (non-hydrogen) atoms. The highest BCUT2D eigenvalue weighted by Crippen LogP contribution is 2.43. The molecule has 1 aliphatic heterocycles. The Bertz CT molecular complexity index is 695. The smallest absolute Gasteiger partial charge is 0.0635 e. The van der Waals surface area contributed by atoms with Crippen molar-refractivity contribution in [2.75, 3.05) is 0 Å². The number of halogens is 1. The lowest BCUT2D eigenvalue weighted by Gasteiger charge is -2.13. The average Bonchev–Trinajstić information content (AvgIpc) is 2.92. The first-order valence-corrected chi connectivity index (χ1v) is 7.61. The molecule has 0 saturated carbocycles. The van der Waals surface area contributed by atoms with Gasteiger partial charge in [0.25, 0.3) is 0 Å². The predicted octanol–water partition coefficient (Wildman–Crippen LogP) is 4.98. The van der Waals surface area contributed by atoms with E-state index in [1.165, 1.54) is 28.1 Å². The molecule has 0 amide bonds. The second kappa shape index (κ2) is 4.23. The van der Waals surface area contributed by atoms with E-state index in [-0.39, 0.29) is 0 Å². The standard InChI is InChI=1S/C17H12IN/c18-17-13-7-2-1-6-12(13)15-10-5-11-19(15)16-9-4-3-8-14(16)17/h1-11,17H. The minimum absolute atomic E-state index is 0.393. The summed E-state index contributed by atoms with van der Waals surface area (Å²) in [5.74, 6) is 0. The molecule has 2 heterocycles. The largest absolute Gasteiger partial charge is 0.316 e. The van der Waals surface area contributed by atoms with Crippen LogP contribution in [0.1, 0.15) is 15.1 Å². The quantitative estimate of drug-likeness (QED) is 0.395. The maximum Gasteiger partial charge on any atom is 0.0635 e. The number of hydrogen-bond acceptors (Lipinski definition) is 0. The van der Waals surface area contributed by atoms with Gasteiger partial charge in [0.2, 0.25) is 0 Å². The van der Waals surface area contributed by atoms with Gasteiger partial charge in [0.1, 0.15) is 0 Å². The van der Waals surface area contributed by atoms with Crippen molar-refractivity contribution >= 4 is 22.6 Å². The van der Waals surface area contributed by atoms with E-state index in [1.807, 2.05) is 0 Å². The summed E-state index contributed by atoms with van der Waals surface area (Å²) in [7, 11) is 0. The summed E-state index contributed by atoms with van der Waals surface area (Å²) in [6.07, 6.45) is 2.15. The van der Waals surface area contributed by atoms with Crippen molar-refractivity contribution in [2.45, 2.75) is 3.92 Å². The summed E-state index contributed by atoms with van der Waals surface area (Å²) in [5.41, 5.74) is 6.68. The first kappa shape index (κ1) is 11.3. The molecule has 4 rings (SSSR count). The van der Waals surface area contributed by atoms with Crippen molar-refractivity contribution < 1.29 is 0 Å². The number of rotatable bonds is 0. The summed E-state index contributed by atoms with van der Waals surface area (Å²) in [6, 6.07) is 21.7. The van der Waals surface area contributed by atoms with Gasteiger partial charge in [-0.05, 0) is 29.3 Å². The summed E-state index contributed by atoms with van der Waals surface area (Å²) in [5, 5.41) is 0. The Kier molecular flexibility index (Phi) is 2.52. The second-order valence-corrected chi connectivity index (χ2v) is 6.02. The fraction of sp³-hybridized carbons (Fsp3) is 0.0588. The highest BCUT2D eigenvalue weighted by Gasteiger charge is 2.23. The number of aromatic nitrogens is 1. The Morgan fingerprint density at radius 3 is 2.42 bits per heavy atom. The molecule has 1 aromatic heterocycles. The molecule has 92 valence electrons. The van der Waals surface area contributed by atoms with Crippen LogP contribution in [-0.4, -0.2) is 4.57 Å². The van der Waals surface area contributed by atoms with Crippen LogP contribution in [0.25, 0.3) is 16.9 Å². The highest BCUT2D eigenvalue weighted by molar-refractivity contribution is 14.1. The molecule has 0 saturated heterocycles. The van der Waals surface area contributed by atoms with Crippen LogP contribution in [0.4, 0.5) is 0 Å². The number of benzene rings is 2. The van der Waals surface area contributed by atoms with Gasteiger partial charge in [-0.15, -0.1) is 0 Å². The number of nitrogens with zero attached hydrogens (tertiary/aromatic N) is 1. The molecule has 1 nitrogen and oxygen atoms in total. The fourth-order valence-electron chi connectivity index (χ4n) is 2.85. The van der Waals surface area contributed by atoms with Crippen LogP contribution in [0.3, 0.4) is 0 Å². The van der Waals surface area contributed by atoms with Gasteiger partial charge in [0, 0.05) is 11.8 Å². The minimum atomic E-state index is 0.393. The van der Waals surface area contributed by atoms with Crippen LogP contribution in [0.2, 0.25) is 0 Å². The Balaban J connectivity index is 2.15. The Labute approximate surface area is 126 Å². The van der Waals surface area contributed by atoms with Gasteiger partial charge < -0.3 is 4.57 Å². The van der Waals surface area contributed by atoms with Crippen LogP contribution in [-0.2, 0) is 0 Å². The van der Waals surface area contributed by atoms with E-state index >= 15 is 0 Å². The molecule has 1 aliphatic rings. The Hall–Kier alpha value is -1.55. The van der Waals surface area contributed by atoms with E-state index in [0.717, 1.165) is 0 Å². The predicted molar refractivity (Wildman–Crippen MR) is 87.1 cm³/mol. The third-order valence-electron chi connectivity index (χ3n) is 3.73. The minimum Gasteiger partial charge on any atom is -0.316 e. The van der Waals surface area contributed by atoms with Crippen LogP contribution in [0.15, 0.2) is 66.9 Å². The molecular weight excluding hydrogens is 345 g/mol. The van der Waals surface area contributed by atoms with Crippen LogP contribution < -0.4 is 0 Å². The molecule has 2 aromatic carbocycles. The van der Waals surface area contributed by atoms with E-state index in [0.29, 0.717) is 3.92 Å². The molecule has 0 bridgehead atoms. The molecule has 0 fully saturated rings. The van der Waals surface area contributed by atoms with Crippen molar-refractivity contribution in [3.05, 3.63) is 78.0 Å². The van der Waals surface area contributed by atoms with Crippen molar-refractivity contribution in [1.29, 1.82) is 0 Å². The summed E-state index contributed by atoms with van der Waals surface area (Å²) in [6.45, 7) is 0. The maximum atomic E-state index is 2.55. The van der Waals surface area contributed by atoms with Crippen LogP contribution in [0, 0.1) is 0 Å². The lowest BCUT2D eigenvalue weighted by atomic mass is 9.99.